The lowest BCUT2D eigenvalue weighted by molar-refractivity contribution is -0.140. The van der Waals surface area contributed by atoms with Gasteiger partial charge in [-0.05, 0) is 55.2 Å². The maximum Gasteiger partial charge on any atom is 0.225 e. The molecule has 1 aliphatic heterocycles. The molecule has 158 valence electrons. The van der Waals surface area contributed by atoms with Crippen LogP contribution in [0.2, 0.25) is 5.02 Å². The molecule has 1 aromatic carbocycles. The molecule has 2 unspecified atom stereocenters. The number of fused-ring (bicyclic) bond motifs is 2. The molecule has 2 atom stereocenters. The SMILES string of the molecule is Cl.Cl.NC1C2CCCC1CC(C(=O)N1CCN(Cc3cccc(Cl)c3)CC1)C2. The van der Waals surface area contributed by atoms with Gasteiger partial charge in [-0.15, -0.1) is 24.8 Å². The van der Waals surface area contributed by atoms with Crippen LogP contribution in [0.1, 0.15) is 37.7 Å². The lowest BCUT2D eigenvalue weighted by Crippen LogP contribution is -2.53. The van der Waals surface area contributed by atoms with Crippen molar-refractivity contribution in [3.63, 3.8) is 0 Å². The average molecular weight is 449 g/mol. The van der Waals surface area contributed by atoms with Crippen molar-refractivity contribution in [1.82, 2.24) is 9.80 Å². The summed E-state index contributed by atoms with van der Waals surface area (Å²) in [7, 11) is 0. The first kappa shape index (κ1) is 23.8. The molecule has 0 spiro atoms. The molecule has 2 N–H and O–H groups in total. The minimum atomic E-state index is 0. The van der Waals surface area contributed by atoms with E-state index in [1.54, 1.807) is 0 Å². The summed E-state index contributed by atoms with van der Waals surface area (Å²) in [6.45, 7) is 4.48. The summed E-state index contributed by atoms with van der Waals surface area (Å²) >= 11 is 6.08. The number of hydrogen-bond acceptors (Lipinski definition) is 3. The first-order valence-corrected chi connectivity index (χ1v) is 10.5. The highest BCUT2D eigenvalue weighted by molar-refractivity contribution is 6.30. The number of amides is 1. The Balaban J connectivity index is 0.00000140. The van der Waals surface area contributed by atoms with Gasteiger partial charge in [-0.2, -0.15) is 0 Å². The van der Waals surface area contributed by atoms with E-state index in [1.807, 2.05) is 18.2 Å². The summed E-state index contributed by atoms with van der Waals surface area (Å²) in [5.74, 6) is 1.74. The van der Waals surface area contributed by atoms with E-state index in [4.69, 9.17) is 17.3 Å². The van der Waals surface area contributed by atoms with Gasteiger partial charge in [0.15, 0.2) is 0 Å². The van der Waals surface area contributed by atoms with Crippen molar-refractivity contribution in [2.24, 2.45) is 23.5 Å². The molecule has 7 heteroatoms. The highest BCUT2D eigenvalue weighted by Crippen LogP contribution is 2.42. The number of nitrogens with zero attached hydrogens (tertiary/aromatic N) is 2. The fourth-order valence-corrected chi connectivity index (χ4v) is 5.48. The van der Waals surface area contributed by atoms with E-state index in [0.717, 1.165) is 50.6 Å². The summed E-state index contributed by atoms with van der Waals surface area (Å²) in [4.78, 5) is 17.6. The number of carbonyl (C=O) groups is 1. The Morgan fingerprint density at radius 1 is 1.07 bits per heavy atom. The fourth-order valence-electron chi connectivity index (χ4n) is 5.27. The number of halogens is 3. The van der Waals surface area contributed by atoms with Crippen LogP contribution in [0.15, 0.2) is 24.3 Å². The maximum atomic E-state index is 13.0. The second kappa shape index (κ2) is 10.5. The predicted octanol–water partition coefficient (Wildman–Crippen LogP) is 3.98. The van der Waals surface area contributed by atoms with Gasteiger partial charge in [0.05, 0.1) is 0 Å². The van der Waals surface area contributed by atoms with Gasteiger partial charge in [0.25, 0.3) is 0 Å². The number of benzene rings is 1. The van der Waals surface area contributed by atoms with Crippen LogP contribution in [0.3, 0.4) is 0 Å². The maximum absolute atomic E-state index is 13.0. The van der Waals surface area contributed by atoms with Gasteiger partial charge >= 0.3 is 0 Å². The molecular weight excluding hydrogens is 417 g/mol. The van der Waals surface area contributed by atoms with E-state index in [9.17, 15) is 4.79 Å². The van der Waals surface area contributed by atoms with Crippen molar-refractivity contribution in [3.05, 3.63) is 34.9 Å². The largest absolute Gasteiger partial charge is 0.340 e. The Morgan fingerprint density at radius 2 is 1.71 bits per heavy atom. The highest BCUT2D eigenvalue weighted by Gasteiger charge is 2.41. The molecule has 0 aromatic heterocycles. The first-order chi connectivity index (χ1) is 12.6. The Kier molecular flexibility index (Phi) is 8.90. The summed E-state index contributed by atoms with van der Waals surface area (Å²) in [5.41, 5.74) is 7.63. The summed E-state index contributed by atoms with van der Waals surface area (Å²) in [6, 6.07) is 8.40. The molecule has 4 nitrogen and oxygen atoms in total. The molecule has 1 saturated heterocycles. The quantitative estimate of drug-likeness (QED) is 0.761. The number of carbonyl (C=O) groups excluding carboxylic acids is 1. The molecule has 1 amide bonds. The molecule has 0 radical (unpaired) electrons. The van der Waals surface area contributed by atoms with E-state index < -0.39 is 0 Å². The Labute approximate surface area is 186 Å². The average Bonchev–Trinajstić information content (AvgIpc) is 2.62. The minimum absolute atomic E-state index is 0. The minimum Gasteiger partial charge on any atom is -0.340 e. The monoisotopic (exact) mass is 447 g/mol. The zero-order valence-electron chi connectivity index (χ0n) is 16.3. The van der Waals surface area contributed by atoms with Gasteiger partial charge in [0.2, 0.25) is 5.91 Å². The van der Waals surface area contributed by atoms with Crippen LogP contribution in [-0.2, 0) is 11.3 Å². The fraction of sp³-hybridized carbons (Fsp3) is 0.667. The number of hydrogen-bond donors (Lipinski definition) is 1. The van der Waals surface area contributed by atoms with Crippen LogP contribution < -0.4 is 5.73 Å². The van der Waals surface area contributed by atoms with Gasteiger partial charge in [-0.3, -0.25) is 9.69 Å². The molecule has 2 saturated carbocycles. The zero-order valence-corrected chi connectivity index (χ0v) is 18.7. The standard InChI is InChI=1S/C21H30ClN3O.2ClH/c22-19-6-1-3-15(11-19)14-24-7-9-25(10-8-24)21(26)18-12-16-4-2-5-17(13-18)20(16)23;;/h1,3,6,11,16-18,20H,2,4-5,7-10,12-14,23H2;2*1H. The molecule has 2 aliphatic carbocycles. The number of piperazine rings is 1. The van der Waals surface area contributed by atoms with Gasteiger partial charge in [0.1, 0.15) is 0 Å². The molecule has 2 bridgehead atoms. The van der Waals surface area contributed by atoms with Crippen molar-refractivity contribution in [3.8, 4) is 0 Å². The van der Waals surface area contributed by atoms with E-state index in [2.05, 4.69) is 15.9 Å². The number of rotatable bonds is 3. The van der Waals surface area contributed by atoms with E-state index >= 15 is 0 Å². The highest BCUT2D eigenvalue weighted by atomic mass is 35.5. The molecule has 1 aromatic rings. The second-order valence-corrected chi connectivity index (χ2v) is 8.86. The summed E-state index contributed by atoms with van der Waals surface area (Å²) in [5, 5.41) is 0.789. The van der Waals surface area contributed by atoms with Gasteiger partial charge < -0.3 is 10.6 Å². The number of nitrogens with two attached hydrogens (primary N) is 1. The lowest BCUT2D eigenvalue weighted by atomic mass is 9.65. The first-order valence-electron chi connectivity index (χ1n) is 10.1. The third-order valence-electron chi connectivity index (χ3n) is 6.74. The van der Waals surface area contributed by atoms with Crippen molar-refractivity contribution >= 4 is 42.3 Å². The van der Waals surface area contributed by atoms with E-state index in [1.165, 1.54) is 24.8 Å². The molecule has 3 aliphatic rings. The van der Waals surface area contributed by atoms with Crippen LogP contribution >= 0.6 is 36.4 Å². The van der Waals surface area contributed by atoms with Crippen molar-refractivity contribution in [2.75, 3.05) is 26.2 Å². The van der Waals surface area contributed by atoms with Crippen LogP contribution in [0.25, 0.3) is 0 Å². The molecule has 28 heavy (non-hydrogen) atoms. The normalized spacial score (nSPS) is 30.1. The van der Waals surface area contributed by atoms with Crippen molar-refractivity contribution < 1.29 is 4.79 Å². The van der Waals surface area contributed by atoms with Gasteiger partial charge in [-0.1, -0.05) is 30.2 Å². The Bertz CT molecular complexity index is 638. The predicted molar refractivity (Wildman–Crippen MR) is 119 cm³/mol. The Morgan fingerprint density at radius 3 is 2.32 bits per heavy atom. The zero-order chi connectivity index (χ0) is 18.1. The summed E-state index contributed by atoms with van der Waals surface area (Å²) < 4.78 is 0. The smallest absolute Gasteiger partial charge is 0.225 e. The van der Waals surface area contributed by atoms with E-state index in [0.29, 0.717) is 23.8 Å². The molecule has 4 rings (SSSR count). The molecule has 3 fully saturated rings. The molecular formula is C21H32Cl3N3O. The van der Waals surface area contributed by atoms with Crippen LogP contribution in [0, 0.1) is 17.8 Å². The van der Waals surface area contributed by atoms with Crippen LogP contribution in [0.4, 0.5) is 0 Å². The summed E-state index contributed by atoms with van der Waals surface area (Å²) in [6.07, 6.45) is 5.76. The topological polar surface area (TPSA) is 49.6 Å². The van der Waals surface area contributed by atoms with Crippen molar-refractivity contribution in [2.45, 2.75) is 44.7 Å². The Hall–Kier alpha value is -0.520. The van der Waals surface area contributed by atoms with Crippen molar-refractivity contribution in [1.29, 1.82) is 0 Å². The van der Waals surface area contributed by atoms with E-state index in [-0.39, 0.29) is 30.7 Å². The third-order valence-corrected chi connectivity index (χ3v) is 6.98. The third kappa shape index (κ3) is 5.34. The second-order valence-electron chi connectivity index (χ2n) is 8.43. The van der Waals surface area contributed by atoms with Crippen LogP contribution in [0.5, 0.6) is 0 Å². The van der Waals surface area contributed by atoms with Crippen LogP contribution in [-0.4, -0.2) is 47.9 Å². The molecule has 1 heterocycles. The van der Waals surface area contributed by atoms with Gasteiger partial charge in [0, 0.05) is 49.7 Å². The van der Waals surface area contributed by atoms with Gasteiger partial charge in [-0.25, -0.2) is 0 Å². The lowest BCUT2D eigenvalue weighted by Gasteiger charge is -2.45.